The van der Waals surface area contributed by atoms with Crippen molar-refractivity contribution in [2.75, 3.05) is 10.8 Å². The molecule has 2 aromatic carbocycles. The summed E-state index contributed by atoms with van der Waals surface area (Å²) in [6, 6.07) is 15.4. The van der Waals surface area contributed by atoms with E-state index in [9.17, 15) is 8.42 Å². The van der Waals surface area contributed by atoms with Crippen molar-refractivity contribution >= 4 is 15.9 Å². The van der Waals surface area contributed by atoms with Crippen LogP contribution in [0.3, 0.4) is 0 Å². The van der Waals surface area contributed by atoms with Gasteiger partial charge in [-0.05, 0) is 36.1 Å². The molecule has 1 heterocycles. The zero-order valence-corrected chi connectivity index (χ0v) is 12.7. The Hall–Kier alpha value is -1.85. The Bertz CT molecular complexity index is 756. The fraction of sp³-hybridized carbons (Fsp3) is 0.250. The number of hydrogen-bond acceptors (Lipinski definition) is 2. The van der Waals surface area contributed by atoms with Crippen molar-refractivity contribution < 1.29 is 8.42 Å². The minimum atomic E-state index is -3.51. The number of aryl methyl sites for hydroxylation is 1. The van der Waals surface area contributed by atoms with Gasteiger partial charge in [-0.3, -0.25) is 4.31 Å². The first kappa shape index (κ1) is 14.1. The maximum atomic E-state index is 12.5. The van der Waals surface area contributed by atoms with Crippen LogP contribution in [-0.4, -0.2) is 15.0 Å². The van der Waals surface area contributed by atoms with E-state index >= 15 is 0 Å². The largest absolute Gasteiger partial charge is 0.301 e. The van der Waals surface area contributed by atoms with Crippen molar-refractivity contribution in [3.05, 3.63) is 65.2 Å². The van der Waals surface area contributed by atoms with E-state index in [2.05, 4.69) is 4.72 Å². The van der Waals surface area contributed by atoms with Crippen LogP contribution < -0.4 is 9.03 Å². The zero-order valence-electron chi connectivity index (χ0n) is 11.9. The molecule has 2 aromatic rings. The normalized spacial score (nSPS) is 14.2. The van der Waals surface area contributed by atoms with E-state index in [1.165, 1.54) is 4.31 Å². The van der Waals surface area contributed by atoms with Crippen LogP contribution in [0.2, 0.25) is 0 Å². The monoisotopic (exact) mass is 302 g/mol. The zero-order chi connectivity index (χ0) is 14.9. The van der Waals surface area contributed by atoms with Crippen LogP contribution in [0, 0.1) is 6.92 Å². The van der Waals surface area contributed by atoms with Crippen LogP contribution in [0.5, 0.6) is 0 Å². The number of benzene rings is 2. The molecule has 0 bridgehead atoms. The van der Waals surface area contributed by atoms with Gasteiger partial charge in [-0.15, -0.1) is 0 Å². The molecule has 0 aliphatic carbocycles. The smallest absolute Gasteiger partial charge is 0.257 e. The van der Waals surface area contributed by atoms with Gasteiger partial charge in [0, 0.05) is 13.1 Å². The van der Waals surface area contributed by atoms with E-state index in [0.29, 0.717) is 13.1 Å². The van der Waals surface area contributed by atoms with Gasteiger partial charge in [0.15, 0.2) is 0 Å². The molecule has 0 atom stereocenters. The van der Waals surface area contributed by atoms with Crippen molar-refractivity contribution in [3.63, 3.8) is 0 Å². The van der Waals surface area contributed by atoms with Gasteiger partial charge < -0.3 is 0 Å². The summed E-state index contributed by atoms with van der Waals surface area (Å²) in [7, 11) is -3.51. The molecule has 0 radical (unpaired) electrons. The summed E-state index contributed by atoms with van der Waals surface area (Å²) in [4.78, 5) is 0. The highest BCUT2D eigenvalue weighted by Crippen LogP contribution is 2.29. The average molecular weight is 302 g/mol. The van der Waals surface area contributed by atoms with Gasteiger partial charge in [-0.2, -0.15) is 13.1 Å². The standard InChI is InChI=1S/C16H18N2O2S/c1-13-6-2-3-8-15(13)12-17-21(19,20)18-11-10-14-7-4-5-9-16(14)18/h2-9,17H,10-12H2,1H3. The van der Waals surface area contributed by atoms with Crippen LogP contribution in [0.1, 0.15) is 16.7 Å². The number of anilines is 1. The highest BCUT2D eigenvalue weighted by atomic mass is 32.2. The lowest BCUT2D eigenvalue weighted by atomic mass is 10.1. The molecule has 21 heavy (non-hydrogen) atoms. The topological polar surface area (TPSA) is 49.4 Å². The maximum absolute atomic E-state index is 12.5. The lowest BCUT2D eigenvalue weighted by Crippen LogP contribution is -2.39. The predicted molar refractivity (Wildman–Crippen MR) is 84.4 cm³/mol. The summed E-state index contributed by atoms with van der Waals surface area (Å²) in [5.41, 5.74) is 3.95. The molecule has 1 N–H and O–H groups in total. The van der Waals surface area contributed by atoms with Crippen molar-refractivity contribution in [2.45, 2.75) is 19.9 Å². The van der Waals surface area contributed by atoms with Gasteiger partial charge in [-0.1, -0.05) is 42.5 Å². The molecular formula is C16H18N2O2S. The van der Waals surface area contributed by atoms with Gasteiger partial charge in [-0.25, -0.2) is 0 Å². The van der Waals surface area contributed by atoms with Gasteiger partial charge in [0.05, 0.1) is 5.69 Å². The second-order valence-corrected chi connectivity index (χ2v) is 6.88. The molecule has 4 nitrogen and oxygen atoms in total. The fourth-order valence-corrected chi connectivity index (χ4v) is 3.88. The van der Waals surface area contributed by atoms with Crippen LogP contribution in [0.25, 0.3) is 0 Å². The molecule has 0 saturated heterocycles. The van der Waals surface area contributed by atoms with Crippen LogP contribution >= 0.6 is 0 Å². The van der Waals surface area contributed by atoms with Crippen molar-refractivity contribution in [2.24, 2.45) is 0 Å². The Balaban J connectivity index is 1.78. The summed E-state index contributed by atoms with van der Waals surface area (Å²) in [6.45, 7) is 2.80. The van der Waals surface area contributed by atoms with Gasteiger partial charge in [0.25, 0.3) is 0 Å². The molecule has 0 fully saturated rings. The van der Waals surface area contributed by atoms with Crippen molar-refractivity contribution in [1.29, 1.82) is 0 Å². The van der Waals surface area contributed by atoms with E-state index in [4.69, 9.17) is 0 Å². The van der Waals surface area contributed by atoms with Crippen molar-refractivity contribution in [3.8, 4) is 0 Å². The molecule has 0 aromatic heterocycles. The van der Waals surface area contributed by atoms with Crippen LogP contribution in [0.15, 0.2) is 48.5 Å². The predicted octanol–water partition coefficient (Wildman–Crippen LogP) is 2.39. The third kappa shape index (κ3) is 2.80. The number of nitrogens with one attached hydrogen (secondary N) is 1. The maximum Gasteiger partial charge on any atom is 0.301 e. The quantitative estimate of drug-likeness (QED) is 0.943. The minimum absolute atomic E-state index is 0.313. The number of nitrogens with zero attached hydrogens (tertiary/aromatic N) is 1. The molecule has 0 saturated carbocycles. The number of rotatable bonds is 4. The van der Waals surface area contributed by atoms with E-state index in [-0.39, 0.29) is 0 Å². The Kier molecular flexibility index (Phi) is 3.69. The Morgan fingerprint density at radius 3 is 2.62 bits per heavy atom. The van der Waals surface area contributed by atoms with Gasteiger partial charge in [0.1, 0.15) is 0 Å². The Morgan fingerprint density at radius 1 is 1.10 bits per heavy atom. The third-order valence-corrected chi connectivity index (χ3v) is 5.31. The van der Waals surface area contributed by atoms with Crippen LogP contribution in [0.4, 0.5) is 5.69 Å². The Morgan fingerprint density at radius 2 is 1.81 bits per heavy atom. The van der Waals surface area contributed by atoms with E-state index < -0.39 is 10.2 Å². The molecule has 3 rings (SSSR count). The summed E-state index contributed by atoms with van der Waals surface area (Å²) < 4.78 is 29.1. The summed E-state index contributed by atoms with van der Waals surface area (Å²) >= 11 is 0. The second-order valence-electron chi connectivity index (χ2n) is 5.20. The fourth-order valence-electron chi connectivity index (χ4n) is 2.61. The van der Waals surface area contributed by atoms with Crippen LogP contribution in [-0.2, 0) is 23.2 Å². The molecule has 110 valence electrons. The number of hydrogen-bond donors (Lipinski definition) is 1. The lowest BCUT2D eigenvalue weighted by Gasteiger charge is -2.20. The molecule has 0 spiro atoms. The summed E-state index contributed by atoms with van der Waals surface area (Å²) in [5, 5.41) is 0. The highest BCUT2D eigenvalue weighted by molar-refractivity contribution is 7.90. The van der Waals surface area contributed by atoms with Gasteiger partial charge >= 0.3 is 10.2 Å². The second kappa shape index (κ2) is 5.50. The van der Waals surface area contributed by atoms with Gasteiger partial charge in [0.2, 0.25) is 0 Å². The Labute approximate surface area is 125 Å². The van der Waals surface area contributed by atoms with E-state index in [1.54, 1.807) is 0 Å². The summed E-state index contributed by atoms with van der Waals surface area (Å²) in [5.74, 6) is 0. The average Bonchev–Trinajstić information content (AvgIpc) is 2.91. The minimum Gasteiger partial charge on any atom is -0.257 e. The first-order chi connectivity index (χ1) is 10.1. The van der Waals surface area contributed by atoms with E-state index in [0.717, 1.165) is 28.8 Å². The summed E-state index contributed by atoms with van der Waals surface area (Å²) in [6.07, 6.45) is 0.765. The van der Waals surface area contributed by atoms with Crippen molar-refractivity contribution in [1.82, 2.24) is 4.72 Å². The number of fused-ring (bicyclic) bond motifs is 1. The number of para-hydroxylation sites is 1. The first-order valence-electron chi connectivity index (χ1n) is 6.98. The lowest BCUT2D eigenvalue weighted by molar-refractivity contribution is 0.577. The van der Waals surface area contributed by atoms with E-state index in [1.807, 2.05) is 55.5 Å². The SMILES string of the molecule is Cc1ccccc1CNS(=O)(=O)N1CCc2ccccc21. The molecule has 0 unspecified atom stereocenters. The molecule has 0 amide bonds. The first-order valence-corrected chi connectivity index (χ1v) is 8.42. The molecule has 1 aliphatic heterocycles. The molecule has 1 aliphatic rings. The molecular weight excluding hydrogens is 284 g/mol. The third-order valence-electron chi connectivity index (χ3n) is 3.84. The highest BCUT2D eigenvalue weighted by Gasteiger charge is 2.28. The molecule has 5 heteroatoms.